The molecule has 0 heterocycles. The molecule has 5 nitrogen and oxygen atoms in total. The molecule has 1 unspecified atom stereocenters. The van der Waals surface area contributed by atoms with Crippen molar-refractivity contribution in [3.05, 3.63) is 39.7 Å². The molecule has 0 saturated carbocycles. The summed E-state index contributed by atoms with van der Waals surface area (Å²) in [6.07, 6.45) is 0.692. The van der Waals surface area contributed by atoms with Crippen LogP contribution in [0, 0.1) is 21.3 Å². The van der Waals surface area contributed by atoms with E-state index in [1.165, 1.54) is 0 Å². The third kappa shape index (κ3) is 5.67. The van der Waals surface area contributed by atoms with Gasteiger partial charge in [0.1, 0.15) is 5.82 Å². The van der Waals surface area contributed by atoms with E-state index in [2.05, 4.69) is 5.32 Å². The topological polar surface area (TPSA) is 72.2 Å². The van der Waals surface area contributed by atoms with Crippen LogP contribution >= 0.6 is 11.6 Å². The Balaban J connectivity index is 2.66. The van der Waals surface area contributed by atoms with Gasteiger partial charge in [0.15, 0.2) is 0 Å². The first-order chi connectivity index (χ1) is 9.60. The predicted octanol–water partition coefficient (Wildman–Crippen LogP) is 3.51. The van der Waals surface area contributed by atoms with Gasteiger partial charge in [-0.3, -0.25) is 14.9 Å². The van der Waals surface area contributed by atoms with E-state index in [1.54, 1.807) is 0 Å². The zero-order chi connectivity index (χ0) is 16.2. The summed E-state index contributed by atoms with van der Waals surface area (Å²) >= 11 is 6.11. The van der Waals surface area contributed by atoms with Crippen molar-refractivity contribution in [2.75, 3.05) is 6.54 Å². The highest BCUT2D eigenvalue weighted by Gasteiger charge is 2.19. The quantitative estimate of drug-likeness (QED) is 0.513. The van der Waals surface area contributed by atoms with Crippen LogP contribution in [-0.4, -0.2) is 22.8 Å². The van der Waals surface area contributed by atoms with Crippen LogP contribution in [0.15, 0.2) is 18.2 Å². The molecule has 1 aromatic carbocycles. The van der Waals surface area contributed by atoms with E-state index in [4.69, 9.17) is 11.6 Å². The number of nitro groups is 1. The SMILES string of the molecule is CC(C)(C)CC(Cl)CNC(=O)c1ccc([N+](=O)[O-])cc1F. The molecule has 0 bridgehead atoms. The summed E-state index contributed by atoms with van der Waals surface area (Å²) in [6.45, 7) is 6.29. The normalized spacial score (nSPS) is 12.8. The Bertz CT molecular complexity index is 544. The summed E-state index contributed by atoms with van der Waals surface area (Å²) in [5.41, 5.74) is -0.609. The lowest BCUT2D eigenvalue weighted by Gasteiger charge is -2.22. The molecule has 0 aromatic heterocycles. The molecule has 1 atom stereocenters. The number of rotatable bonds is 5. The Labute approximate surface area is 127 Å². The Morgan fingerprint density at radius 3 is 2.57 bits per heavy atom. The minimum atomic E-state index is -0.927. The number of carbonyl (C=O) groups excluding carboxylic acids is 1. The second kappa shape index (κ2) is 6.85. The average molecular weight is 317 g/mol. The molecule has 116 valence electrons. The largest absolute Gasteiger partial charge is 0.350 e. The Morgan fingerprint density at radius 2 is 2.10 bits per heavy atom. The van der Waals surface area contributed by atoms with Gasteiger partial charge < -0.3 is 5.32 Å². The summed E-state index contributed by atoms with van der Waals surface area (Å²) < 4.78 is 13.7. The molecule has 1 aromatic rings. The minimum Gasteiger partial charge on any atom is -0.350 e. The van der Waals surface area contributed by atoms with Crippen LogP contribution in [0.4, 0.5) is 10.1 Å². The van der Waals surface area contributed by atoms with Crippen molar-refractivity contribution in [2.24, 2.45) is 5.41 Å². The highest BCUT2D eigenvalue weighted by Crippen LogP contribution is 2.23. The number of benzene rings is 1. The van der Waals surface area contributed by atoms with Gasteiger partial charge >= 0.3 is 0 Å². The van der Waals surface area contributed by atoms with Gasteiger partial charge in [-0.15, -0.1) is 11.6 Å². The smallest absolute Gasteiger partial charge is 0.272 e. The fraction of sp³-hybridized carbons (Fsp3) is 0.500. The van der Waals surface area contributed by atoms with Crippen LogP contribution in [0.1, 0.15) is 37.6 Å². The summed E-state index contributed by atoms with van der Waals surface area (Å²) in [6, 6.07) is 2.91. The second-order valence-electron chi connectivity index (χ2n) is 5.99. The van der Waals surface area contributed by atoms with Gasteiger partial charge in [0.25, 0.3) is 11.6 Å². The van der Waals surface area contributed by atoms with Gasteiger partial charge in [-0.25, -0.2) is 4.39 Å². The number of nitrogens with one attached hydrogen (secondary N) is 1. The molecule has 1 amide bonds. The predicted molar refractivity (Wildman–Crippen MR) is 79.1 cm³/mol. The Morgan fingerprint density at radius 1 is 1.48 bits per heavy atom. The van der Waals surface area contributed by atoms with E-state index in [1.807, 2.05) is 20.8 Å². The minimum absolute atomic E-state index is 0.0236. The van der Waals surface area contributed by atoms with E-state index in [0.717, 1.165) is 18.2 Å². The van der Waals surface area contributed by atoms with Gasteiger partial charge in [0.2, 0.25) is 0 Å². The number of hydrogen-bond donors (Lipinski definition) is 1. The van der Waals surface area contributed by atoms with Crippen LogP contribution in [-0.2, 0) is 0 Å². The molecule has 21 heavy (non-hydrogen) atoms. The molecule has 0 radical (unpaired) electrons. The van der Waals surface area contributed by atoms with Crippen molar-refractivity contribution >= 4 is 23.2 Å². The van der Waals surface area contributed by atoms with Gasteiger partial charge in [-0.2, -0.15) is 0 Å². The van der Waals surface area contributed by atoms with E-state index in [9.17, 15) is 19.3 Å². The second-order valence-corrected chi connectivity index (χ2v) is 6.61. The molecular formula is C14H18ClFN2O3. The maximum Gasteiger partial charge on any atom is 0.272 e. The first-order valence-corrected chi connectivity index (χ1v) is 6.90. The molecule has 1 rings (SSSR count). The first-order valence-electron chi connectivity index (χ1n) is 6.46. The van der Waals surface area contributed by atoms with E-state index < -0.39 is 22.3 Å². The molecule has 0 aliphatic heterocycles. The van der Waals surface area contributed by atoms with Crippen LogP contribution in [0.25, 0.3) is 0 Å². The molecule has 0 saturated heterocycles. The fourth-order valence-corrected chi connectivity index (χ4v) is 2.38. The molecule has 1 N–H and O–H groups in total. The molecule has 0 aliphatic carbocycles. The standard InChI is InChI=1S/C14H18ClFN2O3/c1-14(2,3)7-9(15)8-17-13(19)11-5-4-10(18(20)21)6-12(11)16/h4-6,9H,7-8H2,1-3H3,(H,17,19). The van der Waals surface area contributed by atoms with Crippen LogP contribution < -0.4 is 5.32 Å². The third-order valence-electron chi connectivity index (χ3n) is 2.73. The summed E-state index contributed by atoms with van der Waals surface area (Å²) in [4.78, 5) is 21.6. The molecule has 0 aliphatic rings. The monoisotopic (exact) mass is 316 g/mol. The molecular weight excluding hydrogens is 299 g/mol. The van der Waals surface area contributed by atoms with Gasteiger partial charge in [-0.1, -0.05) is 20.8 Å². The molecule has 0 spiro atoms. The van der Waals surface area contributed by atoms with Crippen molar-refractivity contribution in [1.29, 1.82) is 0 Å². The van der Waals surface area contributed by atoms with E-state index >= 15 is 0 Å². The van der Waals surface area contributed by atoms with Crippen LogP contribution in [0.3, 0.4) is 0 Å². The van der Waals surface area contributed by atoms with Gasteiger partial charge in [0.05, 0.1) is 21.9 Å². The Hall–Kier alpha value is -1.69. The van der Waals surface area contributed by atoms with Crippen LogP contribution in [0.2, 0.25) is 0 Å². The molecule has 7 heteroatoms. The summed E-state index contributed by atoms with van der Waals surface area (Å²) in [5, 5.41) is 12.8. The van der Waals surface area contributed by atoms with Gasteiger partial charge in [-0.05, 0) is 17.9 Å². The first kappa shape index (κ1) is 17.4. The number of carbonyl (C=O) groups is 1. The maximum atomic E-state index is 13.7. The number of nitrogens with zero attached hydrogens (tertiary/aromatic N) is 1. The average Bonchev–Trinajstić information content (AvgIpc) is 2.33. The zero-order valence-electron chi connectivity index (χ0n) is 12.2. The lowest BCUT2D eigenvalue weighted by Crippen LogP contribution is -2.32. The number of amides is 1. The third-order valence-corrected chi connectivity index (χ3v) is 3.03. The zero-order valence-corrected chi connectivity index (χ0v) is 12.9. The van der Waals surface area contributed by atoms with E-state index in [-0.39, 0.29) is 22.9 Å². The number of halogens is 2. The highest BCUT2D eigenvalue weighted by atomic mass is 35.5. The number of alkyl halides is 1. The van der Waals surface area contributed by atoms with Crippen molar-refractivity contribution in [2.45, 2.75) is 32.6 Å². The van der Waals surface area contributed by atoms with Crippen molar-refractivity contribution in [1.82, 2.24) is 5.32 Å². The van der Waals surface area contributed by atoms with Crippen molar-refractivity contribution in [3.63, 3.8) is 0 Å². The Kier molecular flexibility index (Phi) is 5.66. The number of nitro benzene ring substituents is 1. The van der Waals surface area contributed by atoms with E-state index in [0.29, 0.717) is 6.42 Å². The van der Waals surface area contributed by atoms with Crippen LogP contribution in [0.5, 0.6) is 0 Å². The highest BCUT2D eigenvalue weighted by molar-refractivity contribution is 6.21. The number of hydrogen-bond acceptors (Lipinski definition) is 3. The lowest BCUT2D eigenvalue weighted by molar-refractivity contribution is -0.385. The fourth-order valence-electron chi connectivity index (χ4n) is 1.84. The van der Waals surface area contributed by atoms with Gasteiger partial charge in [0, 0.05) is 12.6 Å². The van der Waals surface area contributed by atoms with Crippen molar-refractivity contribution < 1.29 is 14.1 Å². The maximum absolute atomic E-state index is 13.7. The summed E-state index contributed by atoms with van der Waals surface area (Å²) in [7, 11) is 0. The summed E-state index contributed by atoms with van der Waals surface area (Å²) in [5.74, 6) is -1.56. The lowest BCUT2D eigenvalue weighted by atomic mass is 9.90. The van der Waals surface area contributed by atoms with Crippen molar-refractivity contribution in [3.8, 4) is 0 Å². The number of non-ortho nitro benzene ring substituents is 1. The molecule has 0 fully saturated rings.